The van der Waals surface area contributed by atoms with Gasteiger partial charge in [0, 0.05) is 0 Å². The van der Waals surface area contributed by atoms with Gasteiger partial charge in [0.2, 0.25) is 0 Å². The summed E-state index contributed by atoms with van der Waals surface area (Å²) in [5.74, 6) is -1.09. The molecule has 106 valence electrons. The van der Waals surface area contributed by atoms with E-state index in [0.29, 0.717) is 12.0 Å². The van der Waals surface area contributed by atoms with Crippen molar-refractivity contribution in [2.24, 2.45) is 5.41 Å². The Morgan fingerprint density at radius 1 is 1.26 bits per heavy atom. The van der Waals surface area contributed by atoms with Gasteiger partial charge >= 0.3 is 5.97 Å². The highest BCUT2D eigenvalue weighted by molar-refractivity contribution is 7.91. The van der Waals surface area contributed by atoms with Gasteiger partial charge in [-0.15, -0.1) is 0 Å². The van der Waals surface area contributed by atoms with Crippen LogP contribution >= 0.6 is 0 Å². The third-order valence-corrected chi connectivity index (χ3v) is 4.74. The molecule has 0 spiro atoms. The molecule has 5 heteroatoms. The summed E-state index contributed by atoms with van der Waals surface area (Å²) >= 11 is 0. The molecule has 0 radical (unpaired) electrons. The molecule has 0 heterocycles. The molecule has 1 N–H and O–H groups in total. The quantitative estimate of drug-likeness (QED) is 0.922. The number of aromatic carboxylic acids is 1. The summed E-state index contributed by atoms with van der Waals surface area (Å²) in [6.07, 6.45) is 0.534. The van der Waals surface area contributed by atoms with Gasteiger partial charge in [0.25, 0.3) is 0 Å². The molecule has 0 atom stereocenters. The van der Waals surface area contributed by atoms with E-state index in [2.05, 4.69) is 0 Å². The van der Waals surface area contributed by atoms with Crippen molar-refractivity contribution in [2.45, 2.75) is 39.0 Å². The zero-order chi connectivity index (χ0) is 14.8. The summed E-state index contributed by atoms with van der Waals surface area (Å²) in [7, 11) is -3.44. The van der Waals surface area contributed by atoms with E-state index in [4.69, 9.17) is 5.11 Å². The van der Waals surface area contributed by atoms with Crippen molar-refractivity contribution in [2.75, 3.05) is 5.75 Å². The van der Waals surface area contributed by atoms with Crippen molar-refractivity contribution >= 4 is 15.8 Å². The fraction of sp³-hybridized carbons (Fsp3) is 0.500. The Morgan fingerprint density at radius 2 is 1.84 bits per heavy atom. The average Bonchev–Trinajstić information content (AvgIpc) is 2.25. The number of benzene rings is 1. The number of rotatable bonds is 4. The van der Waals surface area contributed by atoms with Gasteiger partial charge in [-0.25, -0.2) is 13.2 Å². The highest BCUT2D eigenvalue weighted by Gasteiger charge is 2.22. The summed E-state index contributed by atoms with van der Waals surface area (Å²) in [5, 5.41) is 8.93. The molecule has 0 aliphatic rings. The average molecular weight is 284 g/mol. The molecule has 1 aromatic carbocycles. The first-order valence-electron chi connectivity index (χ1n) is 6.10. The van der Waals surface area contributed by atoms with E-state index in [1.807, 2.05) is 20.8 Å². The van der Waals surface area contributed by atoms with Gasteiger partial charge in [-0.3, -0.25) is 0 Å². The van der Waals surface area contributed by atoms with E-state index in [1.165, 1.54) is 18.2 Å². The van der Waals surface area contributed by atoms with E-state index in [0.717, 1.165) is 0 Å². The molecule has 0 aliphatic heterocycles. The van der Waals surface area contributed by atoms with Crippen LogP contribution in [-0.4, -0.2) is 25.2 Å². The van der Waals surface area contributed by atoms with Crippen molar-refractivity contribution in [1.82, 2.24) is 0 Å². The molecule has 1 rings (SSSR count). The van der Waals surface area contributed by atoms with Gasteiger partial charge < -0.3 is 5.11 Å². The lowest BCUT2D eigenvalue weighted by atomic mass is 9.94. The molecule has 0 amide bonds. The van der Waals surface area contributed by atoms with Crippen LogP contribution in [0.15, 0.2) is 23.1 Å². The van der Waals surface area contributed by atoms with Crippen LogP contribution in [0.4, 0.5) is 0 Å². The van der Waals surface area contributed by atoms with Gasteiger partial charge in [-0.05, 0) is 36.5 Å². The third-order valence-electron chi connectivity index (χ3n) is 2.89. The zero-order valence-corrected chi connectivity index (χ0v) is 12.5. The molecular formula is C14H20O4S. The van der Waals surface area contributed by atoms with Crippen LogP contribution in [0, 0.1) is 12.3 Å². The number of sulfone groups is 1. The molecule has 0 saturated carbocycles. The molecule has 0 bridgehead atoms. The second kappa shape index (κ2) is 5.33. The molecule has 0 unspecified atom stereocenters. The Hall–Kier alpha value is -1.36. The molecule has 0 aliphatic carbocycles. The number of carbonyl (C=O) groups is 1. The Bertz CT molecular complexity index is 580. The summed E-state index contributed by atoms with van der Waals surface area (Å²) < 4.78 is 24.6. The Balaban J connectivity index is 3.14. The first kappa shape index (κ1) is 15.7. The number of aryl methyl sites for hydroxylation is 1. The van der Waals surface area contributed by atoms with Gasteiger partial charge in [-0.1, -0.05) is 26.8 Å². The first-order chi connectivity index (χ1) is 8.53. The Kier molecular flexibility index (Phi) is 4.40. The van der Waals surface area contributed by atoms with Crippen LogP contribution in [0.1, 0.15) is 43.1 Å². The van der Waals surface area contributed by atoms with Crippen LogP contribution in [0.3, 0.4) is 0 Å². The van der Waals surface area contributed by atoms with Crippen LogP contribution < -0.4 is 0 Å². The normalized spacial score (nSPS) is 12.4. The van der Waals surface area contributed by atoms with Crippen LogP contribution in [0.5, 0.6) is 0 Å². The first-order valence-corrected chi connectivity index (χ1v) is 7.75. The second-order valence-electron chi connectivity index (χ2n) is 5.91. The number of hydrogen-bond acceptors (Lipinski definition) is 3. The van der Waals surface area contributed by atoms with Crippen LogP contribution in [0.25, 0.3) is 0 Å². The van der Waals surface area contributed by atoms with E-state index >= 15 is 0 Å². The fourth-order valence-corrected chi connectivity index (χ4v) is 3.58. The van der Waals surface area contributed by atoms with Crippen LogP contribution in [0.2, 0.25) is 0 Å². The van der Waals surface area contributed by atoms with Crippen molar-refractivity contribution < 1.29 is 18.3 Å². The minimum Gasteiger partial charge on any atom is -0.478 e. The van der Waals surface area contributed by atoms with E-state index in [1.54, 1.807) is 6.92 Å². The summed E-state index contributed by atoms with van der Waals surface area (Å²) in [4.78, 5) is 11.0. The van der Waals surface area contributed by atoms with Crippen LogP contribution in [-0.2, 0) is 9.84 Å². The minimum absolute atomic E-state index is 0.0000614. The number of hydrogen-bond donors (Lipinski definition) is 1. The Morgan fingerprint density at radius 3 is 2.32 bits per heavy atom. The van der Waals surface area contributed by atoms with E-state index in [-0.39, 0.29) is 21.6 Å². The molecule has 0 fully saturated rings. The maximum absolute atomic E-state index is 12.3. The Labute approximate surface area is 114 Å². The minimum atomic E-state index is -3.44. The predicted octanol–water partition coefficient (Wildman–Crippen LogP) is 2.90. The second-order valence-corrected chi connectivity index (χ2v) is 7.99. The standard InChI is InChI=1S/C14H20O4S/c1-10-5-6-11(13(15)16)9-12(10)19(17,18)8-7-14(2,3)4/h5-6,9H,7-8H2,1-4H3,(H,15,16). The third kappa shape index (κ3) is 4.35. The zero-order valence-electron chi connectivity index (χ0n) is 11.7. The fourth-order valence-electron chi connectivity index (χ4n) is 1.62. The molecule has 19 heavy (non-hydrogen) atoms. The lowest BCUT2D eigenvalue weighted by molar-refractivity contribution is 0.0696. The molecule has 0 saturated heterocycles. The van der Waals surface area contributed by atoms with Gasteiger partial charge in [0.1, 0.15) is 0 Å². The van der Waals surface area contributed by atoms with Gasteiger partial charge in [0.15, 0.2) is 9.84 Å². The summed E-state index contributed by atoms with van der Waals surface area (Å²) in [5.41, 5.74) is 0.504. The molecule has 1 aromatic rings. The highest BCUT2D eigenvalue weighted by atomic mass is 32.2. The monoisotopic (exact) mass is 284 g/mol. The van der Waals surface area contributed by atoms with Crippen molar-refractivity contribution in [3.8, 4) is 0 Å². The van der Waals surface area contributed by atoms with Crippen molar-refractivity contribution in [3.05, 3.63) is 29.3 Å². The maximum atomic E-state index is 12.3. The SMILES string of the molecule is Cc1ccc(C(=O)O)cc1S(=O)(=O)CCC(C)(C)C. The van der Waals surface area contributed by atoms with E-state index in [9.17, 15) is 13.2 Å². The molecule has 0 aromatic heterocycles. The summed E-state index contributed by atoms with van der Waals surface area (Å²) in [6, 6.07) is 4.20. The topological polar surface area (TPSA) is 71.4 Å². The lowest BCUT2D eigenvalue weighted by Crippen LogP contribution is -2.16. The predicted molar refractivity (Wildman–Crippen MR) is 74.3 cm³/mol. The molecule has 4 nitrogen and oxygen atoms in total. The van der Waals surface area contributed by atoms with Crippen molar-refractivity contribution in [3.63, 3.8) is 0 Å². The lowest BCUT2D eigenvalue weighted by Gasteiger charge is -2.18. The highest BCUT2D eigenvalue weighted by Crippen LogP contribution is 2.24. The summed E-state index contributed by atoms with van der Waals surface area (Å²) in [6.45, 7) is 7.60. The number of carboxylic acids is 1. The largest absolute Gasteiger partial charge is 0.478 e. The number of carboxylic acid groups (broad SMARTS) is 1. The van der Waals surface area contributed by atoms with Gasteiger partial charge in [-0.2, -0.15) is 0 Å². The van der Waals surface area contributed by atoms with E-state index < -0.39 is 15.8 Å². The van der Waals surface area contributed by atoms with Gasteiger partial charge in [0.05, 0.1) is 16.2 Å². The van der Waals surface area contributed by atoms with Crippen molar-refractivity contribution in [1.29, 1.82) is 0 Å². The smallest absolute Gasteiger partial charge is 0.335 e. The maximum Gasteiger partial charge on any atom is 0.335 e. The molecular weight excluding hydrogens is 264 g/mol.